The van der Waals surface area contributed by atoms with Gasteiger partial charge in [0.1, 0.15) is 0 Å². The summed E-state index contributed by atoms with van der Waals surface area (Å²) in [4.78, 5) is 11.9. The molecular formula is C16H18BrNO. The maximum Gasteiger partial charge on any atom is 0.224 e. The molecule has 0 saturated heterocycles. The van der Waals surface area contributed by atoms with E-state index in [1.807, 2.05) is 30.3 Å². The van der Waals surface area contributed by atoms with Crippen LogP contribution in [0, 0.1) is 5.92 Å². The third-order valence-electron chi connectivity index (χ3n) is 3.32. The molecule has 0 aliphatic heterocycles. The second-order valence-electron chi connectivity index (χ2n) is 4.97. The van der Waals surface area contributed by atoms with Crippen LogP contribution in [-0.2, 0) is 4.79 Å². The second kappa shape index (κ2) is 6.20. The maximum absolute atomic E-state index is 11.9. The predicted octanol–water partition coefficient (Wildman–Crippen LogP) is 4.98. The molecule has 0 bridgehead atoms. The van der Waals surface area contributed by atoms with E-state index in [4.69, 9.17) is 0 Å². The number of amides is 1. The van der Waals surface area contributed by atoms with E-state index in [1.165, 1.54) is 0 Å². The molecule has 1 amide bonds. The summed E-state index contributed by atoms with van der Waals surface area (Å²) in [7, 11) is 0. The monoisotopic (exact) mass is 319 g/mol. The van der Waals surface area contributed by atoms with Crippen molar-refractivity contribution in [3.05, 3.63) is 40.9 Å². The van der Waals surface area contributed by atoms with Gasteiger partial charge in [0.25, 0.3) is 0 Å². The highest BCUT2D eigenvalue weighted by Crippen LogP contribution is 2.23. The molecule has 0 aliphatic rings. The van der Waals surface area contributed by atoms with E-state index in [1.54, 1.807) is 0 Å². The lowest BCUT2D eigenvalue weighted by Crippen LogP contribution is -2.14. The van der Waals surface area contributed by atoms with E-state index >= 15 is 0 Å². The van der Waals surface area contributed by atoms with Crippen LogP contribution in [-0.4, -0.2) is 5.91 Å². The summed E-state index contributed by atoms with van der Waals surface area (Å²) in [6, 6.07) is 12.1. The molecule has 2 rings (SSSR count). The molecule has 3 heteroatoms. The Balaban J connectivity index is 2.13. The summed E-state index contributed by atoms with van der Waals surface area (Å²) in [5.41, 5.74) is 0.864. The van der Waals surface area contributed by atoms with Crippen LogP contribution in [0.2, 0.25) is 0 Å². The molecule has 1 unspecified atom stereocenters. The fraction of sp³-hybridized carbons (Fsp3) is 0.312. The van der Waals surface area contributed by atoms with E-state index in [0.717, 1.165) is 27.4 Å². The van der Waals surface area contributed by atoms with Crippen LogP contribution in [0.3, 0.4) is 0 Å². The minimum atomic E-state index is 0.0887. The Morgan fingerprint density at radius 3 is 2.63 bits per heavy atom. The number of rotatable bonds is 4. The van der Waals surface area contributed by atoms with Crippen LogP contribution in [0.5, 0.6) is 0 Å². The van der Waals surface area contributed by atoms with Crippen molar-refractivity contribution in [1.29, 1.82) is 0 Å². The normalized spacial score (nSPS) is 12.4. The third kappa shape index (κ3) is 3.80. The van der Waals surface area contributed by atoms with Crippen molar-refractivity contribution in [3.63, 3.8) is 0 Å². The summed E-state index contributed by atoms with van der Waals surface area (Å²) < 4.78 is 1.06. The van der Waals surface area contributed by atoms with Gasteiger partial charge in [0.2, 0.25) is 5.91 Å². The summed E-state index contributed by atoms with van der Waals surface area (Å²) in [6.07, 6.45) is 1.61. The molecule has 1 atom stereocenters. The molecule has 0 aromatic heterocycles. The minimum absolute atomic E-state index is 0.0887. The van der Waals surface area contributed by atoms with Crippen molar-refractivity contribution in [2.24, 2.45) is 5.92 Å². The molecular weight excluding hydrogens is 302 g/mol. The number of halogens is 1. The first-order chi connectivity index (χ1) is 9.08. The van der Waals surface area contributed by atoms with Gasteiger partial charge in [0.15, 0.2) is 0 Å². The van der Waals surface area contributed by atoms with E-state index in [9.17, 15) is 4.79 Å². The third-order valence-corrected chi connectivity index (χ3v) is 3.81. The molecule has 1 N–H and O–H groups in total. The van der Waals surface area contributed by atoms with Crippen LogP contribution in [0.15, 0.2) is 40.9 Å². The Hall–Kier alpha value is -1.35. The Kier molecular flexibility index (Phi) is 4.59. The van der Waals surface area contributed by atoms with Crippen molar-refractivity contribution in [2.75, 3.05) is 5.32 Å². The van der Waals surface area contributed by atoms with Gasteiger partial charge in [-0.2, -0.15) is 0 Å². The molecule has 2 nitrogen and oxygen atoms in total. The molecule has 0 spiro atoms. The average molecular weight is 320 g/mol. The van der Waals surface area contributed by atoms with Crippen molar-refractivity contribution in [2.45, 2.75) is 26.7 Å². The van der Waals surface area contributed by atoms with E-state index in [2.05, 4.69) is 41.2 Å². The number of hydrogen-bond acceptors (Lipinski definition) is 1. The summed E-state index contributed by atoms with van der Waals surface area (Å²) >= 11 is 3.46. The van der Waals surface area contributed by atoms with Crippen LogP contribution in [0.25, 0.3) is 10.8 Å². The van der Waals surface area contributed by atoms with Gasteiger partial charge in [0.05, 0.1) is 0 Å². The Bertz CT molecular complexity index is 594. The Labute approximate surface area is 122 Å². The summed E-state index contributed by atoms with van der Waals surface area (Å²) in [6.45, 7) is 4.20. The lowest BCUT2D eigenvalue weighted by atomic mass is 10.0. The maximum atomic E-state index is 11.9. The van der Waals surface area contributed by atoms with Gasteiger partial charge in [0, 0.05) is 16.6 Å². The smallest absolute Gasteiger partial charge is 0.224 e. The molecule has 0 aliphatic carbocycles. The zero-order chi connectivity index (χ0) is 13.8. The highest BCUT2D eigenvalue weighted by Gasteiger charge is 2.07. The number of benzene rings is 2. The molecule has 100 valence electrons. The fourth-order valence-electron chi connectivity index (χ4n) is 1.97. The lowest BCUT2D eigenvalue weighted by molar-refractivity contribution is -0.117. The number of carbonyl (C=O) groups is 1. The molecule has 0 fully saturated rings. The highest BCUT2D eigenvalue weighted by molar-refractivity contribution is 9.10. The molecule has 2 aromatic rings. The topological polar surface area (TPSA) is 29.1 Å². The van der Waals surface area contributed by atoms with Crippen molar-refractivity contribution < 1.29 is 4.79 Å². The standard InChI is InChI=1S/C16H18BrNO/c1-3-11(2)8-16(19)18-15-7-5-12-9-14(17)6-4-13(12)10-15/h4-7,9-11H,3,8H2,1-2H3,(H,18,19). The van der Waals surface area contributed by atoms with Crippen LogP contribution < -0.4 is 5.32 Å². The first-order valence-corrected chi connectivity index (χ1v) is 7.37. The lowest BCUT2D eigenvalue weighted by Gasteiger charge is -2.10. The van der Waals surface area contributed by atoms with Gasteiger partial charge >= 0.3 is 0 Å². The van der Waals surface area contributed by atoms with Crippen LogP contribution in [0.4, 0.5) is 5.69 Å². The van der Waals surface area contributed by atoms with Gasteiger partial charge in [-0.25, -0.2) is 0 Å². The van der Waals surface area contributed by atoms with Crippen LogP contribution in [0.1, 0.15) is 26.7 Å². The van der Waals surface area contributed by atoms with Crippen molar-refractivity contribution in [1.82, 2.24) is 0 Å². The van der Waals surface area contributed by atoms with Crippen molar-refractivity contribution in [3.8, 4) is 0 Å². The first kappa shape index (κ1) is 14.1. The molecule has 0 heterocycles. The van der Waals surface area contributed by atoms with Gasteiger partial charge < -0.3 is 5.32 Å². The SMILES string of the molecule is CCC(C)CC(=O)Nc1ccc2cc(Br)ccc2c1. The Morgan fingerprint density at radius 1 is 1.21 bits per heavy atom. The zero-order valence-electron chi connectivity index (χ0n) is 11.2. The van der Waals surface area contributed by atoms with Gasteiger partial charge in [-0.05, 0) is 41.0 Å². The Morgan fingerprint density at radius 2 is 1.89 bits per heavy atom. The molecule has 0 radical (unpaired) electrons. The summed E-state index contributed by atoms with van der Waals surface area (Å²) in [5.74, 6) is 0.516. The summed E-state index contributed by atoms with van der Waals surface area (Å²) in [5, 5.41) is 5.25. The van der Waals surface area contributed by atoms with Crippen molar-refractivity contribution >= 4 is 38.3 Å². The number of nitrogens with one attached hydrogen (secondary N) is 1. The highest BCUT2D eigenvalue weighted by atomic mass is 79.9. The first-order valence-electron chi connectivity index (χ1n) is 6.57. The largest absolute Gasteiger partial charge is 0.326 e. The fourth-order valence-corrected chi connectivity index (χ4v) is 2.35. The quantitative estimate of drug-likeness (QED) is 0.846. The number of carbonyl (C=O) groups excluding carboxylic acids is 1. The number of fused-ring (bicyclic) bond motifs is 1. The number of hydrogen-bond donors (Lipinski definition) is 1. The minimum Gasteiger partial charge on any atom is -0.326 e. The predicted molar refractivity (Wildman–Crippen MR) is 84.3 cm³/mol. The zero-order valence-corrected chi connectivity index (χ0v) is 12.8. The van der Waals surface area contributed by atoms with Gasteiger partial charge in [-0.1, -0.05) is 48.3 Å². The molecule has 0 saturated carbocycles. The molecule has 2 aromatic carbocycles. The van der Waals surface area contributed by atoms with Gasteiger partial charge in [-0.3, -0.25) is 4.79 Å². The van der Waals surface area contributed by atoms with E-state index in [0.29, 0.717) is 12.3 Å². The van der Waals surface area contributed by atoms with E-state index in [-0.39, 0.29) is 5.91 Å². The average Bonchev–Trinajstić information content (AvgIpc) is 2.38. The number of anilines is 1. The molecule has 19 heavy (non-hydrogen) atoms. The van der Waals surface area contributed by atoms with E-state index < -0.39 is 0 Å². The van der Waals surface area contributed by atoms with Gasteiger partial charge in [-0.15, -0.1) is 0 Å². The second-order valence-corrected chi connectivity index (χ2v) is 5.89. The van der Waals surface area contributed by atoms with Crippen LogP contribution >= 0.6 is 15.9 Å².